The number of halogens is 5. The molecule has 0 aliphatic heterocycles. The molecule has 0 saturated heterocycles. The number of aryl methyl sites for hydroxylation is 1. The van der Waals surface area contributed by atoms with Crippen LogP contribution >= 0.6 is 22.9 Å². The Hall–Kier alpha value is -1.15. The van der Waals surface area contributed by atoms with Gasteiger partial charge in [0.15, 0.2) is 6.61 Å². The normalized spacial score (nSPS) is 12.3. The molecule has 0 aromatic carbocycles. The van der Waals surface area contributed by atoms with Crippen LogP contribution < -0.4 is 4.74 Å². The largest absolute Gasteiger partial charge is 0.470 e. The van der Waals surface area contributed by atoms with Crippen molar-refractivity contribution in [3.8, 4) is 5.88 Å². The van der Waals surface area contributed by atoms with Crippen molar-refractivity contribution in [1.29, 1.82) is 0 Å². The summed E-state index contributed by atoms with van der Waals surface area (Å²) in [5.41, 5.74) is 0. The lowest BCUT2D eigenvalue weighted by Gasteiger charge is -2.15. The average molecular weight is 329 g/mol. The van der Waals surface area contributed by atoms with Gasteiger partial charge in [-0.05, 0) is 24.1 Å². The van der Waals surface area contributed by atoms with E-state index in [1.807, 2.05) is 6.92 Å². The van der Waals surface area contributed by atoms with Crippen LogP contribution in [-0.2, 0) is 6.42 Å². The van der Waals surface area contributed by atoms with E-state index in [1.54, 1.807) is 6.07 Å². The van der Waals surface area contributed by atoms with Crippen molar-refractivity contribution in [2.45, 2.75) is 25.7 Å². The van der Waals surface area contributed by atoms with E-state index in [0.29, 0.717) is 16.6 Å². The van der Waals surface area contributed by atoms with Crippen molar-refractivity contribution in [1.82, 2.24) is 9.97 Å². The first-order chi connectivity index (χ1) is 9.33. The first-order valence-electron chi connectivity index (χ1n) is 5.58. The third kappa shape index (κ3) is 3.12. The molecule has 0 radical (unpaired) electrons. The molecular formula is C11H9ClF4N2OS. The summed E-state index contributed by atoms with van der Waals surface area (Å²) in [6.07, 6.45) is -3.09. The van der Waals surface area contributed by atoms with Crippen LogP contribution in [0.15, 0.2) is 6.07 Å². The number of aromatic nitrogens is 2. The van der Waals surface area contributed by atoms with E-state index in [4.69, 9.17) is 16.3 Å². The van der Waals surface area contributed by atoms with E-state index in [9.17, 15) is 17.6 Å². The van der Waals surface area contributed by atoms with Crippen LogP contribution in [0.5, 0.6) is 5.88 Å². The summed E-state index contributed by atoms with van der Waals surface area (Å²) < 4.78 is 54.6. The van der Waals surface area contributed by atoms with Gasteiger partial charge in [0.05, 0.1) is 5.39 Å². The lowest BCUT2D eigenvalue weighted by atomic mass is 10.3. The maximum atomic E-state index is 12.9. The summed E-state index contributed by atoms with van der Waals surface area (Å²) in [5.74, 6) is -4.45. The highest BCUT2D eigenvalue weighted by Crippen LogP contribution is 2.33. The molecule has 0 unspecified atom stereocenters. The first kappa shape index (κ1) is 15.2. The number of fused-ring (bicyclic) bond motifs is 1. The van der Waals surface area contributed by atoms with Gasteiger partial charge in [0.25, 0.3) is 0 Å². The molecule has 2 rings (SSSR count). The van der Waals surface area contributed by atoms with Crippen molar-refractivity contribution in [3.05, 3.63) is 16.2 Å². The molecule has 3 nitrogen and oxygen atoms in total. The summed E-state index contributed by atoms with van der Waals surface area (Å²) in [5, 5.41) is 0.207. The van der Waals surface area contributed by atoms with Crippen molar-refractivity contribution >= 4 is 33.2 Å². The van der Waals surface area contributed by atoms with Crippen molar-refractivity contribution in [2.75, 3.05) is 6.61 Å². The second kappa shape index (κ2) is 5.69. The molecule has 0 bridgehead atoms. The summed E-state index contributed by atoms with van der Waals surface area (Å²) in [6.45, 7) is 0.440. The molecule has 20 heavy (non-hydrogen) atoms. The van der Waals surface area contributed by atoms with Gasteiger partial charge in [-0.1, -0.05) is 6.92 Å². The zero-order valence-electron chi connectivity index (χ0n) is 10.2. The zero-order chi connectivity index (χ0) is 14.9. The lowest BCUT2D eigenvalue weighted by Crippen LogP contribution is -2.33. The molecule has 110 valence electrons. The van der Waals surface area contributed by atoms with E-state index in [1.165, 1.54) is 11.3 Å². The van der Waals surface area contributed by atoms with Gasteiger partial charge in [-0.25, -0.2) is 13.8 Å². The molecule has 0 spiro atoms. The molecule has 2 heterocycles. The van der Waals surface area contributed by atoms with Gasteiger partial charge < -0.3 is 4.74 Å². The molecule has 0 aliphatic rings. The number of rotatable bonds is 5. The second-order valence-corrected chi connectivity index (χ2v) is 5.39. The average Bonchev–Trinajstić information content (AvgIpc) is 2.78. The quantitative estimate of drug-likeness (QED) is 0.610. The summed E-state index contributed by atoms with van der Waals surface area (Å²) in [6, 6.07) is 1.67. The minimum Gasteiger partial charge on any atom is -0.470 e. The van der Waals surface area contributed by atoms with Gasteiger partial charge in [0, 0.05) is 4.88 Å². The molecule has 0 aliphatic carbocycles. The second-order valence-electron chi connectivity index (χ2n) is 3.93. The number of ether oxygens (including phenoxy) is 1. The Morgan fingerprint density at radius 2 is 2.10 bits per heavy atom. The Labute approximate surface area is 120 Å². The molecular weight excluding hydrogens is 320 g/mol. The molecule has 0 fully saturated rings. The zero-order valence-corrected chi connectivity index (χ0v) is 11.7. The summed E-state index contributed by atoms with van der Waals surface area (Å²) in [4.78, 5) is 9.02. The van der Waals surface area contributed by atoms with Gasteiger partial charge in [0.2, 0.25) is 11.2 Å². The van der Waals surface area contributed by atoms with Crippen molar-refractivity contribution in [2.24, 2.45) is 0 Å². The Bertz CT molecular complexity index is 620. The third-order valence-corrected chi connectivity index (χ3v) is 3.79. The number of hydrogen-bond acceptors (Lipinski definition) is 4. The Balaban J connectivity index is 2.31. The monoisotopic (exact) mass is 328 g/mol. The molecule has 2 aromatic rings. The van der Waals surface area contributed by atoms with E-state index in [0.717, 1.165) is 4.88 Å². The topological polar surface area (TPSA) is 35.0 Å². The maximum Gasteiger partial charge on any atom is 0.340 e. The van der Waals surface area contributed by atoms with E-state index in [-0.39, 0.29) is 11.2 Å². The fourth-order valence-corrected chi connectivity index (χ4v) is 2.60. The smallest absolute Gasteiger partial charge is 0.340 e. The van der Waals surface area contributed by atoms with E-state index >= 15 is 0 Å². The van der Waals surface area contributed by atoms with Gasteiger partial charge in [-0.15, -0.1) is 11.3 Å². The Kier molecular flexibility index (Phi) is 4.33. The molecule has 0 atom stereocenters. The molecule has 0 N–H and O–H groups in total. The third-order valence-electron chi connectivity index (χ3n) is 2.45. The van der Waals surface area contributed by atoms with E-state index < -0.39 is 19.0 Å². The highest BCUT2D eigenvalue weighted by atomic mass is 35.5. The fourth-order valence-electron chi connectivity index (χ4n) is 1.43. The fraction of sp³-hybridized carbons (Fsp3) is 0.455. The summed E-state index contributed by atoms with van der Waals surface area (Å²) in [7, 11) is 0. The van der Waals surface area contributed by atoms with Crippen LogP contribution in [0.2, 0.25) is 5.28 Å². The van der Waals surface area contributed by atoms with Crippen LogP contribution in [0.3, 0.4) is 0 Å². The number of nitrogens with zero attached hydrogens (tertiary/aromatic N) is 2. The maximum absolute atomic E-state index is 12.9. The van der Waals surface area contributed by atoms with Crippen LogP contribution in [0.4, 0.5) is 17.6 Å². The molecule has 0 saturated carbocycles. The number of hydrogen-bond donors (Lipinski definition) is 0. The lowest BCUT2D eigenvalue weighted by molar-refractivity contribution is -0.148. The minimum atomic E-state index is -4.24. The van der Waals surface area contributed by atoms with Gasteiger partial charge >= 0.3 is 12.3 Å². The first-order valence-corrected chi connectivity index (χ1v) is 6.77. The highest BCUT2D eigenvalue weighted by Gasteiger charge is 2.42. The van der Waals surface area contributed by atoms with Crippen molar-refractivity contribution < 1.29 is 22.3 Å². The standard InChI is InChI=1S/C11H9ClF4N2OS/c1-2-5-3-6-7(17-10(12)18-8(6)20-5)19-4-11(15,16)9(13)14/h3,9H,2,4H2,1H3. The van der Waals surface area contributed by atoms with Crippen LogP contribution in [0.1, 0.15) is 11.8 Å². The predicted molar refractivity (Wildman–Crippen MR) is 68.2 cm³/mol. The van der Waals surface area contributed by atoms with Gasteiger partial charge in [-0.2, -0.15) is 13.8 Å². The van der Waals surface area contributed by atoms with Crippen molar-refractivity contribution in [3.63, 3.8) is 0 Å². The SMILES string of the molecule is CCc1cc2c(OCC(F)(F)C(F)F)nc(Cl)nc2s1. The molecule has 2 aromatic heterocycles. The van der Waals surface area contributed by atoms with Crippen LogP contribution in [-0.4, -0.2) is 28.9 Å². The predicted octanol–water partition coefficient (Wildman–Crippen LogP) is 4.19. The number of thiophene rings is 1. The highest BCUT2D eigenvalue weighted by molar-refractivity contribution is 7.18. The Morgan fingerprint density at radius 3 is 2.70 bits per heavy atom. The van der Waals surface area contributed by atoms with Crippen LogP contribution in [0, 0.1) is 0 Å². The Morgan fingerprint density at radius 1 is 1.40 bits per heavy atom. The summed E-state index contributed by atoms with van der Waals surface area (Å²) >= 11 is 6.97. The molecule has 9 heteroatoms. The minimum absolute atomic E-state index is 0.183. The number of alkyl halides is 4. The van der Waals surface area contributed by atoms with Gasteiger partial charge in [-0.3, -0.25) is 0 Å². The van der Waals surface area contributed by atoms with Gasteiger partial charge in [0.1, 0.15) is 4.83 Å². The van der Waals surface area contributed by atoms with Crippen LogP contribution in [0.25, 0.3) is 10.2 Å². The van der Waals surface area contributed by atoms with E-state index in [2.05, 4.69) is 9.97 Å². The molecule has 0 amide bonds.